The van der Waals surface area contributed by atoms with Crippen molar-refractivity contribution in [3.05, 3.63) is 219 Å². The Labute approximate surface area is 357 Å². The number of hydrogen-bond acceptors (Lipinski definition) is 2. The fraction of sp³-hybridized carbons (Fsp3) is 0. The van der Waals surface area contributed by atoms with Gasteiger partial charge >= 0.3 is 0 Å². The summed E-state index contributed by atoms with van der Waals surface area (Å²) in [7, 11) is 0. The van der Waals surface area contributed by atoms with Crippen molar-refractivity contribution in [2.24, 2.45) is 0 Å². The smallest absolute Gasteiger partial charge is 0.0979 e. The van der Waals surface area contributed by atoms with E-state index in [9.17, 15) is 0 Å². The minimum absolute atomic E-state index is 0.812. The highest BCUT2D eigenvalue weighted by molar-refractivity contribution is 6.24. The lowest BCUT2D eigenvalue weighted by Gasteiger charge is -2.16. The van der Waals surface area contributed by atoms with Gasteiger partial charge in [0.1, 0.15) is 0 Å². The zero-order valence-corrected chi connectivity index (χ0v) is 33.6. The molecule has 4 nitrogen and oxygen atoms in total. The monoisotopic (exact) mass is 788 g/mol. The minimum Gasteiger partial charge on any atom is -0.309 e. The van der Waals surface area contributed by atoms with Crippen LogP contribution in [0.25, 0.3) is 121 Å². The maximum atomic E-state index is 5.67. The zero-order valence-electron chi connectivity index (χ0n) is 33.6. The first kappa shape index (κ1) is 34.5. The molecule has 0 fully saturated rings. The van der Waals surface area contributed by atoms with Gasteiger partial charge in [0, 0.05) is 49.3 Å². The van der Waals surface area contributed by atoms with Crippen LogP contribution >= 0.6 is 0 Å². The average Bonchev–Trinajstić information content (AvgIpc) is 3.87. The summed E-state index contributed by atoms with van der Waals surface area (Å²) in [6.45, 7) is 0. The van der Waals surface area contributed by atoms with Crippen LogP contribution in [0.3, 0.4) is 0 Å². The van der Waals surface area contributed by atoms with E-state index in [1.54, 1.807) is 0 Å². The number of nitrogens with zero attached hydrogens (tertiary/aromatic N) is 4. The molecular formula is C58H36N4. The molecular weight excluding hydrogens is 753 g/mol. The summed E-state index contributed by atoms with van der Waals surface area (Å²) in [5, 5.41) is 9.38. The Morgan fingerprint density at radius 1 is 0.274 bits per heavy atom. The van der Waals surface area contributed by atoms with E-state index in [0.29, 0.717) is 0 Å². The van der Waals surface area contributed by atoms with Crippen molar-refractivity contribution >= 4 is 76.2 Å². The SMILES string of the molecule is c1ccc(-c2ccc3c4ccc(-c5ccccc5)cc4c4nc(-c5cc(-n6c7ccccc7c7ccccc76)cc(-n6c7ccccc7c7ccccc76)c5)cnc4c3c2)cc1. The van der Waals surface area contributed by atoms with Crippen LogP contribution in [0.4, 0.5) is 0 Å². The highest BCUT2D eigenvalue weighted by atomic mass is 15.0. The fourth-order valence-corrected chi connectivity index (χ4v) is 9.89. The molecule has 0 unspecified atom stereocenters. The molecule has 0 aliphatic rings. The van der Waals surface area contributed by atoms with Gasteiger partial charge in [0.15, 0.2) is 0 Å². The number of aromatic nitrogens is 4. The first-order valence-electron chi connectivity index (χ1n) is 21.1. The van der Waals surface area contributed by atoms with Crippen LogP contribution in [0, 0.1) is 0 Å². The van der Waals surface area contributed by atoms with Crippen LogP contribution in [-0.2, 0) is 0 Å². The minimum atomic E-state index is 0.812. The lowest BCUT2D eigenvalue weighted by molar-refractivity contribution is 1.13. The molecule has 0 aliphatic carbocycles. The zero-order chi connectivity index (χ0) is 40.7. The van der Waals surface area contributed by atoms with Crippen molar-refractivity contribution in [2.75, 3.05) is 0 Å². The van der Waals surface area contributed by atoms with E-state index >= 15 is 0 Å². The molecule has 0 atom stereocenters. The predicted molar refractivity (Wildman–Crippen MR) is 260 cm³/mol. The largest absolute Gasteiger partial charge is 0.309 e. The van der Waals surface area contributed by atoms with Gasteiger partial charge in [-0.1, -0.05) is 158 Å². The summed E-state index contributed by atoms with van der Waals surface area (Å²) in [5.41, 5.74) is 14.9. The summed E-state index contributed by atoms with van der Waals surface area (Å²) in [6, 6.07) is 76.5. The number of benzene rings is 10. The van der Waals surface area contributed by atoms with E-state index in [0.717, 1.165) is 88.4 Å². The molecule has 0 saturated heterocycles. The van der Waals surface area contributed by atoms with Gasteiger partial charge in [0.2, 0.25) is 0 Å². The van der Waals surface area contributed by atoms with Gasteiger partial charge in [0.25, 0.3) is 0 Å². The molecule has 0 aliphatic heterocycles. The van der Waals surface area contributed by atoms with Crippen LogP contribution < -0.4 is 0 Å². The first-order valence-corrected chi connectivity index (χ1v) is 21.1. The van der Waals surface area contributed by atoms with E-state index in [1.807, 2.05) is 6.20 Å². The number of rotatable bonds is 5. The Bertz CT molecular complexity index is 3680. The number of para-hydroxylation sites is 4. The topological polar surface area (TPSA) is 35.6 Å². The second-order valence-corrected chi connectivity index (χ2v) is 16.2. The summed E-state index contributed by atoms with van der Waals surface area (Å²) in [5.74, 6) is 0. The third kappa shape index (κ3) is 5.27. The molecule has 0 radical (unpaired) electrons. The van der Waals surface area contributed by atoms with Crippen molar-refractivity contribution in [2.45, 2.75) is 0 Å². The first-order chi connectivity index (χ1) is 30.7. The van der Waals surface area contributed by atoms with Gasteiger partial charge in [-0.3, -0.25) is 4.98 Å². The average molecular weight is 789 g/mol. The Morgan fingerprint density at radius 2 is 0.677 bits per heavy atom. The summed E-state index contributed by atoms with van der Waals surface area (Å²) >= 11 is 0. The molecule has 3 aromatic heterocycles. The maximum absolute atomic E-state index is 5.67. The summed E-state index contributed by atoms with van der Waals surface area (Å²) < 4.78 is 4.81. The molecule has 288 valence electrons. The Balaban J connectivity index is 1.12. The molecule has 4 heteroatoms. The van der Waals surface area contributed by atoms with Crippen molar-refractivity contribution in [3.8, 4) is 44.9 Å². The quantitative estimate of drug-likeness (QED) is 0.163. The lowest BCUT2D eigenvalue weighted by atomic mass is 9.93. The van der Waals surface area contributed by atoms with E-state index < -0.39 is 0 Å². The standard InChI is InChI=1S/C58H36N4/c1-3-15-37(16-4-1)39-27-29-44-45-30-28-40(38-17-5-2-6-18-38)34-51(45)58-57(50(44)33-39)59-36-52(60-58)41-31-42(61-53-23-11-7-19-46(53)47-20-8-12-24-54(47)61)35-43(32-41)62-55-25-13-9-21-48(55)49-22-10-14-26-56(49)62/h1-36H. The molecule has 0 amide bonds. The molecule has 13 rings (SSSR count). The normalized spacial score (nSPS) is 11.9. The molecule has 13 aromatic rings. The maximum Gasteiger partial charge on any atom is 0.0979 e. The Morgan fingerprint density at radius 3 is 1.13 bits per heavy atom. The molecule has 0 spiro atoms. The van der Waals surface area contributed by atoms with E-state index in [4.69, 9.17) is 9.97 Å². The van der Waals surface area contributed by atoms with Crippen molar-refractivity contribution in [1.82, 2.24) is 19.1 Å². The van der Waals surface area contributed by atoms with Crippen LogP contribution in [-0.4, -0.2) is 19.1 Å². The number of fused-ring (bicyclic) bond motifs is 12. The molecule has 0 saturated carbocycles. The second-order valence-electron chi connectivity index (χ2n) is 16.2. The summed E-state index contributed by atoms with van der Waals surface area (Å²) in [6.07, 6.45) is 1.98. The third-order valence-electron chi connectivity index (χ3n) is 12.7. The molecule has 0 N–H and O–H groups in total. The Hall–Kier alpha value is -8.34. The van der Waals surface area contributed by atoms with Gasteiger partial charge < -0.3 is 9.13 Å². The van der Waals surface area contributed by atoms with E-state index in [1.165, 1.54) is 32.7 Å². The van der Waals surface area contributed by atoms with E-state index in [2.05, 4.69) is 221 Å². The third-order valence-corrected chi connectivity index (χ3v) is 12.7. The molecule has 3 heterocycles. The molecule has 0 bridgehead atoms. The highest BCUT2D eigenvalue weighted by Crippen LogP contribution is 2.41. The highest BCUT2D eigenvalue weighted by Gasteiger charge is 2.20. The molecule has 62 heavy (non-hydrogen) atoms. The number of hydrogen-bond donors (Lipinski definition) is 0. The fourth-order valence-electron chi connectivity index (χ4n) is 9.89. The van der Waals surface area contributed by atoms with Crippen molar-refractivity contribution in [1.29, 1.82) is 0 Å². The van der Waals surface area contributed by atoms with Crippen molar-refractivity contribution in [3.63, 3.8) is 0 Å². The van der Waals surface area contributed by atoms with Crippen LogP contribution in [0.2, 0.25) is 0 Å². The van der Waals surface area contributed by atoms with Gasteiger partial charge in [-0.05, 0) is 87.6 Å². The van der Waals surface area contributed by atoms with Gasteiger partial charge in [0.05, 0.1) is 45.0 Å². The van der Waals surface area contributed by atoms with Crippen molar-refractivity contribution < 1.29 is 0 Å². The van der Waals surface area contributed by atoms with Crippen LogP contribution in [0.15, 0.2) is 219 Å². The van der Waals surface area contributed by atoms with Crippen LogP contribution in [0.5, 0.6) is 0 Å². The van der Waals surface area contributed by atoms with Gasteiger partial charge in [-0.2, -0.15) is 0 Å². The molecule has 10 aromatic carbocycles. The summed E-state index contributed by atoms with van der Waals surface area (Å²) in [4.78, 5) is 11.1. The van der Waals surface area contributed by atoms with Gasteiger partial charge in [-0.25, -0.2) is 4.98 Å². The Kier molecular flexibility index (Phi) is 7.57. The van der Waals surface area contributed by atoms with Gasteiger partial charge in [-0.15, -0.1) is 0 Å². The lowest BCUT2D eigenvalue weighted by Crippen LogP contribution is -2.01. The second kappa shape index (κ2) is 13.6. The predicted octanol–water partition coefficient (Wildman–Crippen LogP) is 15.1. The van der Waals surface area contributed by atoms with Crippen LogP contribution in [0.1, 0.15) is 0 Å². The van der Waals surface area contributed by atoms with E-state index in [-0.39, 0.29) is 0 Å².